The maximum atomic E-state index is 13.5. The number of carbonyl (C=O) groups is 2. The fraction of sp³-hybridized carbons (Fsp3) is 0.500. The number of rotatable bonds is 12. The van der Waals surface area contributed by atoms with Crippen LogP contribution in [0.3, 0.4) is 0 Å². The molecule has 2 rings (SSSR count). The zero-order valence-corrected chi connectivity index (χ0v) is 23.9. The molecule has 0 saturated heterocycles. The molecule has 0 fully saturated rings. The number of carbonyl (C=O) groups excluding carboxylic acids is 2. The fourth-order valence-electron chi connectivity index (χ4n) is 4.05. The van der Waals surface area contributed by atoms with E-state index in [2.05, 4.69) is 5.32 Å². The van der Waals surface area contributed by atoms with Crippen LogP contribution < -0.4 is 14.4 Å². The monoisotopic (exact) mass is 531 g/mol. The van der Waals surface area contributed by atoms with Crippen molar-refractivity contribution >= 4 is 27.5 Å². The molecule has 0 aromatic heterocycles. The molecule has 0 aliphatic rings. The van der Waals surface area contributed by atoms with Gasteiger partial charge in [-0.15, -0.1) is 0 Å². The van der Waals surface area contributed by atoms with Gasteiger partial charge in [0, 0.05) is 25.0 Å². The van der Waals surface area contributed by atoms with Crippen LogP contribution in [0.25, 0.3) is 0 Å². The molecular weight excluding hydrogens is 490 g/mol. The Kier molecular flexibility index (Phi) is 10.5. The molecule has 1 unspecified atom stereocenters. The van der Waals surface area contributed by atoms with Crippen molar-refractivity contribution < 1.29 is 22.7 Å². The van der Waals surface area contributed by atoms with E-state index in [9.17, 15) is 18.0 Å². The minimum Gasteiger partial charge on any atom is -0.497 e. The van der Waals surface area contributed by atoms with E-state index >= 15 is 0 Å². The number of anilines is 1. The molecule has 8 nitrogen and oxygen atoms in total. The van der Waals surface area contributed by atoms with Crippen molar-refractivity contribution in [2.75, 3.05) is 24.2 Å². The van der Waals surface area contributed by atoms with E-state index in [1.165, 1.54) is 4.31 Å². The quantitative estimate of drug-likeness (QED) is 0.441. The summed E-state index contributed by atoms with van der Waals surface area (Å²) in [6, 6.07) is 14.0. The maximum Gasteiger partial charge on any atom is 0.243 e. The van der Waals surface area contributed by atoms with Gasteiger partial charge in [-0.3, -0.25) is 13.9 Å². The molecule has 0 radical (unpaired) electrons. The molecule has 204 valence electrons. The standard InChI is InChI=1S/C28H41N3O5S/c1-8-25(27(33)29-28(3,4)5)30(20-22-11-9-12-24(19-22)36-6)26(32)13-10-18-31(37(7,34)35)23-16-14-21(2)15-17-23/h9,11-12,14-17,19,25H,8,10,13,18,20H2,1-7H3,(H,29,33). The molecule has 0 heterocycles. The predicted molar refractivity (Wildman–Crippen MR) is 148 cm³/mol. The third-order valence-corrected chi connectivity index (χ3v) is 7.04. The lowest BCUT2D eigenvalue weighted by Crippen LogP contribution is -2.53. The van der Waals surface area contributed by atoms with Crippen molar-refractivity contribution in [2.45, 2.75) is 72.0 Å². The summed E-state index contributed by atoms with van der Waals surface area (Å²) < 4.78 is 31.6. The van der Waals surface area contributed by atoms with Crippen molar-refractivity contribution in [3.05, 3.63) is 59.7 Å². The molecule has 1 atom stereocenters. The van der Waals surface area contributed by atoms with E-state index in [4.69, 9.17) is 4.74 Å². The average molecular weight is 532 g/mol. The summed E-state index contributed by atoms with van der Waals surface area (Å²) in [5.41, 5.74) is 1.98. The minimum atomic E-state index is -3.53. The highest BCUT2D eigenvalue weighted by Gasteiger charge is 2.30. The fourth-order valence-corrected chi connectivity index (χ4v) is 5.02. The van der Waals surface area contributed by atoms with Gasteiger partial charge in [-0.25, -0.2) is 8.42 Å². The van der Waals surface area contributed by atoms with Crippen molar-refractivity contribution in [3.63, 3.8) is 0 Å². The minimum absolute atomic E-state index is 0.0984. The van der Waals surface area contributed by atoms with Gasteiger partial charge in [0.2, 0.25) is 21.8 Å². The molecule has 0 spiro atoms. The van der Waals surface area contributed by atoms with Crippen LogP contribution in [0.5, 0.6) is 5.75 Å². The van der Waals surface area contributed by atoms with E-state index in [-0.39, 0.29) is 31.3 Å². The first-order valence-corrected chi connectivity index (χ1v) is 14.4. The van der Waals surface area contributed by atoms with Gasteiger partial charge in [-0.05, 0) is 70.4 Å². The highest BCUT2D eigenvalue weighted by atomic mass is 32.2. The number of nitrogens with zero attached hydrogens (tertiary/aromatic N) is 2. The zero-order valence-electron chi connectivity index (χ0n) is 23.1. The van der Waals surface area contributed by atoms with Crippen LogP contribution in [0.4, 0.5) is 5.69 Å². The zero-order chi connectivity index (χ0) is 27.8. The molecule has 0 aliphatic carbocycles. The van der Waals surface area contributed by atoms with Crippen LogP contribution in [-0.2, 0) is 26.2 Å². The number of amides is 2. The van der Waals surface area contributed by atoms with Gasteiger partial charge < -0.3 is 15.0 Å². The van der Waals surface area contributed by atoms with Crippen LogP contribution in [0, 0.1) is 6.92 Å². The Hall–Kier alpha value is -3.07. The summed E-state index contributed by atoms with van der Waals surface area (Å²) in [5, 5.41) is 2.99. The second-order valence-corrected chi connectivity index (χ2v) is 12.2. The highest BCUT2D eigenvalue weighted by Crippen LogP contribution is 2.21. The maximum absolute atomic E-state index is 13.5. The van der Waals surface area contributed by atoms with E-state index in [1.54, 1.807) is 24.1 Å². The summed E-state index contributed by atoms with van der Waals surface area (Å²) in [7, 11) is -1.95. The highest BCUT2D eigenvalue weighted by molar-refractivity contribution is 7.92. The van der Waals surface area contributed by atoms with Gasteiger partial charge in [0.25, 0.3) is 0 Å². The first kappa shape index (κ1) is 30.2. The van der Waals surface area contributed by atoms with Gasteiger partial charge >= 0.3 is 0 Å². The molecule has 9 heteroatoms. The third-order valence-electron chi connectivity index (χ3n) is 5.85. The molecule has 2 aromatic carbocycles. The molecular formula is C28H41N3O5S. The van der Waals surface area contributed by atoms with Crippen molar-refractivity contribution in [1.29, 1.82) is 0 Å². The van der Waals surface area contributed by atoms with E-state index < -0.39 is 21.6 Å². The Morgan fingerprint density at radius 2 is 1.73 bits per heavy atom. The van der Waals surface area contributed by atoms with E-state index in [0.29, 0.717) is 24.3 Å². The number of hydrogen-bond donors (Lipinski definition) is 1. The Morgan fingerprint density at radius 3 is 2.27 bits per heavy atom. The number of aryl methyl sites for hydroxylation is 1. The lowest BCUT2D eigenvalue weighted by atomic mass is 10.0. The largest absolute Gasteiger partial charge is 0.497 e. The van der Waals surface area contributed by atoms with Gasteiger partial charge in [-0.2, -0.15) is 0 Å². The van der Waals surface area contributed by atoms with Gasteiger partial charge in [0.1, 0.15) is 11.8 Å². The smallest absolute Gasteiger partial charge is 0.243 e. The Labute approximate surface area is 222 Å². The number of sulfonamides is 1. The molecule has 1 N–H and O–H groups in total. The lowest BCUT2D eigenvalue weighted by Gasteiger charge is -2.33. The van der Waals surface area contributed by atoms with Gasteiger partial charge in [0.15, 0.2) is 0 Å². The number of methoxy groups -OCH3 is 1. The topological polar surface area (TPSA) is 96.0 Å². The SMILES string of the molecule is CCC(C(=O)NC(C)(C)C)N(Cc1cccc(OC)c1)C(=O)CCCN(c1ccc(C)cc1)S(C)(=O)=O. The van der Waals surface area contributed by atoms with E-state index in [1.807, 2.05) is 71.0 Å². The van der Waals surface area contributed by atoms with Crippen LogP contribution in [-0.4, -0.2) is 56.6 Å². The molecule has 2 aromatic rings. The van der Waals surface area contributed by atoms with Crippen LogP contribution in [0.1, 0.15) is 58.1 Å². The summed E-state index contributed by atoms with van der Waals surface area (Å²) >= 11 is 0. The van der Waals surface area contributed by atoms with E-state index in [0.717, 1.165) is 17.4 Å². The summed E-state index contributed by atoms with van der Waals surface area (Å²) in [4.78, 5) is 28.3. The molecule has 0 saturated carbocycles. The summed E-state index contributed by atoms with van der Waals surface area (Å²) in [6.07, 6.45) is 2.01. The molecule has 0 aliphatic heterocycles. The van der Waals surface area contributed by atoms with Gasteiger partial charge in [0.05, 0.1) is 19.1 Å². The Morgan fingerprint density at radius 1 is 1.08 bits per heavy atom. The van der Waals surface area contributed by atoms with Crippen LogP contribution in [0.2, 0.25) is 0 Å². The predicted octanol–water partition coefficient (Wildman–Crippen LogP) is 4.27. The van der Waals surface area contributed by atoms with Crippen LogP contribution >= 0.6 is 0 Å². The number of nitrogens with one attached hydrogen (secondary N) is 1. The number of benzene rings is 2. The Bertz CT molecular complexity index is 1160. The second kappa shape index (κ2) is 12.9. The number of hydrogen-bond acceptors (Lipinski definition) is 5. The third kappa shape index (κ3) is 9.39. The van der Waals surface area contributed by atoms with Crippen LogP contribution in [0.15, 0.2) is 48.5 Å². The number of ether oxygens (including phenoxy) is 1. The normalized spacial score (nSPS) is 12.5. The lowest BCUT2D eigenvalue weighted by molar-refractivity contribution is -0.142. The molecule has 0 bridgehead atoms. The van der Waals surface area contributed by atoms with Crippen molar-refractivity contribution in [1.82, 2.24) is 10.2 Å². The molecule has 37 heavy (non-hydrogen) atoms. The van der Waals surface area contributed by atoms with Gasteiger partial charge in [-0.1, -0.05) is 36.8 Å². The Balaban J connectivity index is 2.25. The second-order valence-electron chi connectivity index (χ2n) is 10.3. The summed E-state index contributed by atoms with van der Waals surface area (Å²) in [6.45, 7) is 9.90. The summed E-state index contributed by atoms with van der Waals surface area (Å²) in [5.74, 6) is 0.235. The first-order valence-electron chi connectivity index (χ1n) is 12.5. The van der Waals surface area contributed by atoms with Crippen molar-refractivity contribution in [2.24, 2.45) is 0 Å². The molecule has 2 amide bonds. The van der Waals surface area contributed by atoms with Crippen molar-refractivity contribution in [3.8, 4) is 5.75 Å². The average Bonchev–Trinajstić information content (AvgIpc) is 2.80. The first-order chi connectivity index (χ1) is 17.2.